The molecule has 0 aliphatic heterocycles. The molecule has 0 unspecified atom stereocenters. The molecular weight excluding hydrogens is 330 g/mol. The Kier molecular flexibility index (Phi) is 6.33. The second kappa shape index (κ2) is 8.69. The van der Waals surface area contributed by atoms with Crippen molar-refractivity contribution in [1.82, 2.24) is 5.43 Å². The molecule has 0 radical (unpaired) electrons. The molecule has 0 bridgehead atoms. The number of nitrogens with one attached hydrogen (secondary N) is 2. The molecule has 0 atom stereocenters. The average Bonchev–Trinajstić information content (AvgIpc) is 2.58. The highest BCUT2D eigenvalue weighted by Crippen LogP contribution is 2.23. The molecule has 0 heterocycles. The highest BCUT2D eigenvalue weighted by molar-refractivity contribution is 6.39. The third-order valence-corrected chi connectivity index (χ3v) is 3.14. The van der Waals surface area contributed by atoms with E-state index in [2.05, 4.69) is 15.8 Å². The Bertz CT molecular complexity index is 745. The minimum Gasteiger partial charge on any atom is -0.492 e. The first kappa shape index (κ1) is 17.5. The number of hydrogen-bond donors (Lipinski definition) is 2. The Labute approximate surface area is 144 Å². The molecule has 0 aliphatic carbocycles. The van der Waals surface area contributed by atoms with E-state index in [0.29, 0.717) is 23.1 Å². The van der Waals surface area contributed by atoms with Gasteiger partial charge in [-0.25, -0.2) is 5.43 Å². The van der Waals surface area contributed by atoms with Gasteiger partial charge in [0.2, 0.25) is 0 Å². The Hall–Kier alpha value is -2.86. The topological polar surface area (TPSA) is 79.8 Å². The van der Waals surface area contributed by atoms with Gasteiger partial charge in [-0.05, 0) is 36.8 Å². The van der Waals surface area contributed by atoms with Crippen LogP contribution in [-0.4, -0.2) is 24.6 Å². The lowest BCUT2D eigenvalue weighted by Crippen LogP contribution is -2.32. The van der Waals surface area contributed by atoms with Gasteiger partial charge in [0.15, 0.2) is 0 Å². The van der Waals surface area contributed by atoms with E-state index in [1.807, 2.05) is 6.92 Å². The van der Waals surface area contributed by atoms with Crippen LogP contribution in [0, 0.1) is 0 Å². The highest BCUT2D eigenvalue weighted by Gasteiger charge is 2.14. The van der Waals surface area contributed by atoms with Crippen LogP contribution < -0.4 is 15.5 Å². The largest absolute Gasteiger partial charge is 0.492 e. The van der Waals surface area contributed by atoms with Gasteiger partial charge in [0, 0.05) is 5.02 Å². The molecular formula is C17H16ClN3O3. The van der Waals surface area contributed by atoms with E-state index >= 15 is 0 Å². The van der Waals surface area contributed by atoms with Crippen molar-refractivity contribution < 1.29 is 14.3 Å². The predicted molar refractivity (Wildman–Crippen MR) is 93.4 cm³/mol. The minimum atomic E-state index is -0.883. The number of carbonyl (C=O) groups excluding carboxylic acids is 2. The third kappa shape index (κ3) is 5.10. The number of nitrogens with zero attached hydrogens (tertiary/aromatic N) is 1. The summed E-state index contributed by atoms with van der Waals surface area (Å²) in [4.78, 5) is 23.6. The first-order chi connectivity index (χ1) is 11.6. The van der Waals surface area contributed by atoms with E-state index in [-0.39, 0.29) is 0 Å². The molecule has 0 saturated heterocycles. The van der Waals surface area contributed by atoms with Crippen molar-refractivity contribution in [2.45, 2.75) is 6.92 Å². The van der Waals surface area contributed by atoms with Crippen LogP contribution >= 0.6 is 11.6 Å². The second-order valence-electron chi connectivity index (χ2n) is 4.63. The molecule has 6 nitrogen and oxygen atoms in total. The third-order valence-electron chi connectivity index (χ3n) is 2.89. The molecule has 0 spiro atoms. The van der Waals surface area contributed by atoms with Crippen LogP contribution in [0.25, 0.3) is 0 Å². The van der Waals surface area contributed by atoms with Gasteiger partial charge >= 0.3 is 11.8 Å². The molecule has 2 aromatic rings. The summed E-state index contributed by atoms with van der Waals surface area (Å²) in [6.07, 6.45) is 1.41. The van der Waals surface area contributed by atoms with Crippen LogP contribution in [0.3, 0.4) is 0 Å². The SMILES string of the molecule is CCOc1ccccc1NC(=O)C(=O)N/N=C/c1ccc(Cl)cc1. The molecule has 2 N–H and O–H groups in total. The van der Waals surface area contributed by atoms with Crippen LogP contribution in [0.5, 0.6) is 5.75 Å². The molecule has 124 valence electrons. The van der Waals surface area contributed by atoms with Gasteiger partial charge in [0.25, 0.3) is 0 Å². The van der Waals surface area contributed by atoms with Gasteiger partial charge in [-0.2, -0.15) is 5.10 Å². The number of para-hydroxylation sites is 2. The summed E-state index contributed by atoms with van der Waals surface area (Å²) in [6, 6.07) is 13.7. The van der Waals surface area contributed by atoms with E-state index in [1.54, 1.807) is 48.5 Å². The van der Waals surface area contributed by atoms with Crippen LogP contribution in [0.4, 0.5) is 5.69 Å². The molecule has 0 aliphatic rings. The van der Waals surface area contributed by atoms with Crippen LogP contribution in [0.1, 0.15) is 12.5 Å². The smallest absolute Gasteiger partial charge is 0.329 e. The molecule has 2 aromatic carbocycles. The first-order valence-corrected chi connectivity index (χ1v) is 7.59. The average molecular weight is 346 g/mol. The van der Waals surface area contributed by atoms with E-state index in [9.17, 15) is 9.59 Å². The lowest BCUT2D eigenvalue weighted by atomic mass is 10.2. The molecule has 7 heteroatoms. The number of ether oxygens (including phenoxy) is 1. The molecule has 0 aromatic heterocycles. The van der Waals surface area contributed by atoms with E-state index < -0.39 is 11.8 Å². The summed E-state index contributed by atoms with van der Waals surface area (Å²) in [5, 5.41) is 6.82. The molecule has 0 saturated carbocycles. The zero-order chi connectivity index (χ0) is 17.4. The van der Waals surface area contributed by atoms with Gasteiger partial charge in [0.05, 0.1) is 18.5 Å². The van der Waals surface area contributed by atoms with Crippen molar-refractivity contribution in [2.24, 2.45) is 5.10 Å². The molecule has 0 fully saturated rings. The zero-order valence-electron chi connectivity index (χ0n) is 13.0. The molecule has 2 rings (SSSR count). The lowest BCUT2D eigenvalue weighted by Gasteiger charge is -2.10. The molecule has 24 heavy (non-hydrogen) atoms. The fourth-order valence-electron chi connectivity index (χ4n) is 1.80. The van der Waals surface area contributed by atoms with Crippen molar-refractivity contribution >= 4 is 35.3 Å². The van der Waals surface area contributed by atoms with Crippen molar-refractivity contribution in [3.63, 3.8) is 0 Å². The van der Waals surface area contributed by atoms with Crippen molar-refractivity contribution in [2.75, 3.05) is 11.9 Å². The number of hydrogen-bond acceptors (Lipinski definition) is 4. The highest BCUT2D eigenvalue weighted by atomic mass is 35.5. The number of carbonyl (C=O) groups is 2. The fraction of sp³-hybridized carbons (Fsp3) is 0.118. The maximum absolute atomic E-state index is 11.9. The zero-order valence-corrected chi connectivity index (χ0v) is 13.7. The Morgan fingerprint density at radius 1 is 1.12 bits per heavy atom. The second-order valence-corrected chi connectivity index (χ2v) is 5.07. The standard InChI is InChI=1S/C17H16ClN3O3/c1-2-24-15-6-4-3-5-14(15)20-16(22)17(23)21-19-11-12-7-9-13(18)10-8-12/h3-11H,2H2,1H3,(H,20,22)(H,21,23)/b19-11+. The number of anilines is 1. The Morgan fingerprint density at radius 2 is 1.83 bits per heavy atom. The van der Waals surface area contributed by atoms with Gasteiger partial charge < -0.3 is 10.1 Å². The number of halogens is 1. The minimum absolute atomic E-state index is 0.418. The maximum Gasteiger partial charge on any atom is 0.329 e. The quantitative estimate of drug-likeness (QED) is 0.497. The predicted octanol–water partition coefficient (Wildman–Crippen LogP) is 2.83. The van der Waals surface area contributed by atoms with Crippen LogP contribution in [0.15, 0.2) is 53.6 Å². The summed E-state index contributed by atoms with van der Waals surface area (Å²) in [5.74, 6) is -1.23. The lowest BCUT2D eigenvalue weighted by molar-refractivity contribution is -0.136. The fourth-order valence-corrected chi connectivity index (χ4v) is 1.92. The van der Waals surface area contributed by atoms with E-state index in [4.69, 9.17) is 16.3 Å². The summed E-state index contributed by atoms with van der Waals surface area (Å²) >= 11 is 5.77. The van der Waals surface area contributed by atoms with Gasteiger partial charge in [-0.3, -0.25) is 9.59 Å². The normalized spacial score (nSPS) is 10.4. The Morgan fingerprint density at radius 3 is 2.54 bits per heavy atom. The van der Waals surface area contributed by atoms with Crippen molar-refractivity contribution in [1.29, 1.82) is 0 Å². The number of amides is 2. The van der Waals surface area contributed by atoms with Crippen molar-refractivity contribution in [3.05, 3.63) is 59.1 Å². The number of rotatable bonds is 5. The van der Waals surface area contributed by atoms with E-state index in [1.165, 1.54) is 6.21 Å². The van der Waals surface area contributed by atoms with Crippen LogP contribution in [-0.2, 0) is 9.59 Å². The van der Waals surface area contributed by atoms with E-state index in [0.717, 1.165) is 5.56 Å². The summed E-state index contributed by atoms with van der Waals surface area (Å²) in [5.41, 5.74) is 3.32. The molecule has 2 amide bonds. The van der Waals surface area contributed by atoms with Gasteiger partial charge in [-0.1, -0.05) is 35.9 Å². The number of benzene rings is 2. The van der Waals surface area contributed by atoms with Crippen LogP contribution in [0.2, 0.25) is 5.02 Å². The maximum atomic E-state index is 11.9. The Balaban J connectivity index is 1.93. The first-order valence-electron chi connectivity index (χ1n) is 7.22. The summed E-state index contributed by atoms with van der Waals surface area (Å²) in [7, 11) is 0. The van der Waals surface area contributed by atoms with Gasteiger partial charge in [-0.15, -0.1) is 0 Å². The summed E-state index contributed by atoms with van der Waals surface area (Å²) < 4.78 is 5.38. The summed E-state index contributed by atoms with van der Waals surface area (Å²) in [6.45, 7) is 2.28. The monoisotopic (exact) mass is 345 g/mol. The van der Waals surface area contributed by atoms with Gasteiger partial charge in [0.1, 0.15) is 5.75 Å². The number of hydrazone groups is 1. The van der Waals surface area contributed by atoms with Crippen molar-refractivity contribution in [3.8, 4) is 5.75 Å².